The lowest BCUT2D eigenvalue weighted by molar-refractivity contribution is 0.315. The summed E-state index contributed by atoms with van der Waals surface area (Å²) < 4.78 is 5.89. The van der Waals surface area contributed by atoms with Gasteiger partial charge in [-0.15, -0.1) is 11.3 Å². The van der Waals surface area contributed by atoms with Gasteiger partial charge in [-0.3, -0.25) is 9.48 Å². The second-order valence-corrected chi connectivity index (χ2v) is 8.63. The zero-order valence-corrected chi connectivity index (χ0v) is 17.7. The van der Waals surface area contributed by atoms with E-state index in [1.807, 2.05) is 49.0 Å². The normalized spacial score (nSPS) is 16.0. The smallest absolute Gasteiger partial charge is 0.297 e. The fourth-order valence-electron chi connectivity index (χ4n) is 4.13. The quantitative estimate of drug-likeness (QED) is 0.642. The summed E-state index contributed by atoms with van der Waals surface area (Å²) >= 11 is 1.63. The Bertz CT molecular complexity index is 1080. The highest BCUT2D eigenvalue weighted by atomic mass is 32.1. The van der Waals surface area contributed by atoms with Crippen LogP contribution in [0.1, 0.15) is 43.5 Å². The van der Waals surface area contributed by atoms with Crippen molar-refractivity contribution in [3.05, 3.63) is 62.3 Å². The molecule has 0 aliphatic heterocycles. The zero-order valence-electron chi connectivity index (χ0n) is 16.9. The Hall–Kier alpha value is -2.34. The number of nitrogens with zero attached hydrogens (tertiary/aromatic N) is 4. The number of benzene rings is 1. The summed E-state index contributed by atoms with van der Waals surface area (Å²) in [4.78, 5) is 19.0. The Labute approximate surface area is 169 Å². The summed E-state index contributed by atoms with van der Waals surface area (Å²) in [5.74, 6) is 0.721. The van der Waals surface area contributed by atoms with Gasteiger partial charge in [-0.2, -0.15) is 0 Å². The molecule has 1 aliphatic carbocycles. The maximum absolute atomic E-state index is 13.2. The van der Waals surface area contributed by atoms with E-state index in [4.69, 9.17) is 4.99 Å². The van der Waals surface area contributed by atoms with Gasteiger partial charge in [0.15, 0.2) is 10.5 Å². The van der Waals surface area contributed by atoms with E-state index in [1.54, 1.807) is 16.0 Å². The summed E-state index contributed by atoms with van der Waals surface area (Å²) in [6.45, 7) is 5.11. The molecular weight excluding hydrogens is 368 g/mol. The van der Waals surface area contributed by atoms with E-state index in [2.05, 4.69) is 16.9 Å². The molecule has 6 heteroatoms. The van der Waals surface area contributed by atoms with Crippen molar-refractivity contribution in [2.45, 2.75) is 52.5 Å². The van der Waals surface area contributed by atoms with Crippen LogP contribution in [0.25, 0.3) is 5.69 Å². The first-order valence-corrected chi connectivity index (χ1v) is 11.0. The molecule has 0 saturated heterocycles. The lowest BCUT2D eigenvalue weighted by Gasteiger charge is -2.22. The monoisotopic (exact) mass is 396 g/mol. The van der Waals surface area contributed by atoms with Gasteiger partial charge in [0.05, 0.1) is 11.4 Å². The van der Waals surface area contributed by atoms with Crippen molar-refractivity contribution in [1.82, 2.24) is 13.9 Å². The zero-order chi connectivity index (χ0) is 19.7. The van der Waals surface area contributed by atoms with Crippen molar-refractivity contribution < 1.29 is 0 Å². The molecule has 0 spiro atoms. The standard InChI is InChI=1S/C22H28N4OS/c1-16-15-28-22(25(16)14-18-10-6-4-7-11-18)23-20-17(2)24(3)26(21(20)27)19-12-8-5-9-13-19/h5,8-9,12-13,15,18H,4,6-7,10-11,14H2,1-3H3. The van der Waals surface area contributed by atoms with E-state index in [1.165, 1.54) is 37.8 Å². The summed E-state index contributed by atoms with van der Waals surface area (Å²) in [5, 5.41) is 2.15. The lowest BCUT2D eigenvalue weighted by Crippen LogP contribution is -2.23. The molecule has 0 N–H and O–H groups in total. The van der Waals surface area contributed by atoms with Gasteiger partial charge in [-0.05, 0) is 44.7 Å². The van der Waals surface area contributed by atoms with Crippen LogP contribution in [0, 0.1) is 19.8 Å². The number of aryl methyl sites for hydroxylation is 1. The minimum absolute atomic E-state index is 0.0681. The van der Waals surface area contributed by atoms with Gasteiger partial charge in [0.25, 0.3) is 5.56 Å². The number of para-hydroxylation sites is 1. The first-order chi connectivity index (χ1) is 13.6. The second kappa shape index (κ2) is 7.95. The molecule has 0 amide bonds. The van der Waals surface area contributed by atoms with Crippen LogP contribution < -0.4 is 10.4 Å². The van der Waals surface area contributed by atoms with Crippen LogP contribution in [-0.2, 0) is 13.6 Å². The van der Waals surface area contributed by atoms with Crippen LogP contribution in [0.3, 0.4) is 0 Å². The number of rotatable bonds is 4. The molecule has 0 atom stereocenters. The van der Waals surface area contributed by atoms with E-state index in [0.717, 1.165) is 28.6 Å². The minimum Gasteiger partial charge on any atom is -0.321 e. The molecule has 1 aromatic carbocycles. The maximum atomic E-state index is 13.2. The molecule has 5 nitrogen and oxygen atoms in total. The number of hydrogen-bond acceptors (Lipinski definition) is 3. The van der Waals surface area contributed by atoms with Crippen molar-refractivity contribution in [3.63, 3.8) is 0 Å². The molecule has 1 saturated carbocycles. The van der Waals surface area contributed by atoms with E-state index in [-0.39, 0.29) is 5.56 Å². The van der Waals surface area contributed by atoms with Gasteiger partial charge in [0.2, 0.25) is 0 Å². The van der Waals surface area contributed by atoms with Crippen LogP contribution >= 0.6 is 11.3 Å². The average molecular weight is 397 g/mol. The van der Waals surface area contributed by atoms with Gasteiger partial charge >= 0.3 is 0 Å². The van der Waals surface area contributed by atoms with Crippen molar-refractivity contribution in [1.29, 1.82) is 0 Å². The molecule has 1 fully saturated rings. The fourth-order valence-corrected chi connectivity index (χ4v) is 5.02. The van der Waals surface area contributed by atoms with E-state index in [0.29, 0.717) is 5.69 Å². The van der Waals surface area contributed by atoms with Gasteiger partial charge < -0.3 is 4.57 Å². The Morgan fingerprint density at radius 1 is 1.11 bits per heavy atom. The Morgan fingerprint density at radius 2 is 1.82 bits per heavy atom. The van der Waals surface area contributed by atoms with Gasteiger partial charge in [0, 0.05) is 24.7 Å². The van der Waals surface area contributed by atoms with E-state index < -0.39 is 0 Å². The van der Waals surface area contributed by atoms with Gasteiger partial charge in [-0.25, -0.2) is 9.67 Å². The van der Waals surface area contributed by atoms with Crippen LogP contribution in [0.4, 0.5) is 5.69 Å². The van der Waals surface area contributed by atoms with Crippen LogP contribution in [0.5, 0.6) is 0 Å². The van der Waals surface area contributed by atoms with Crippen molar-refractivity contribution in [2.75, 3.05) is 0 Å². The van der Waals surface area contributed by atoms with Crippen LogP contribution in [-0.4, -0.2) is 13.9 Å². The maximum Gasteiger partial charge on any atom is 0.297 e. The molecule has 0 radical (unpaired) electrons. The predicted octanol–water partition coefficient (Wildman–Crippen LogP) is 4.47. The SMILES string of the molecule is Cc1csc(=Nc2c(C)n(C)n(-c3ccccc3)c2=O)n1CC1CCCCC1. The highest BCUT2D eigenvalue weighted by molar-refractivity contribution is 7.07. The van der Waals surface area contributed by atoms with Gasteiger partial charge in [0.1, 0.15) is 0 Å². The Kier molecular flexibility index (Phi) is 5.40. The van der Waals surface area contributed by atoms with Crippen molar-refractivity contribution in [2.24, 2.45) is 18.0 Å². The number of aromatic nitrogens is 3. The van der Waals surface area contributed by atoms with Crippen molar-refractivity contribution >= 4 is 17.0 Å². The lowest BCUT2D eigenvalue weighted by atomic mass is 9.89. The molecule has 1 aliphatic rings. The number of hydrogen-bond donors (Lipinski definition) is 0. The summed E-state index contributed by atoms with van der Waals surface area (Å²) in [7, 11) is 1.92. The molecule has 0 unspecified atom stereocenters. The van der Waals surface area contributed by atoms with E-state index >= 15 is 0 Å². The van der Waals surface area contributed by atoms with Gasteiger partial charge in [-0.1, -0.05) is 37.5 Å². The third-order valence-electron chi connectivity index (χ3n) is 5.89. The molecular formula is C22H28N4OS. The van der Waals surface area contributed by atoms with Crippen molar-refractivity contribution in [3.8, 4) is 5.69 Å². The number of thiazole rings is 1. The Morgan fingerprint density at radius 3 is 2.54 bits per heavy atom. The van der Waals surface area contributed by atoms with Crippen LogP contribution in [0.15, 0.2) is 45.5 Å². The average Bonchev–Trinajstić information content (AvgIpc) is 3.16. The molecule has 0 bridgehead atoms. The van der Waals surface area contributed by atoms with Crippen LogP contribution in [0.2, 0.25) is 0 Å². The molecule has 2 aromatic heterocycles. The highest BCUT2D eigenvalue weighted by Crippen LogP contribution is 2.25. The second-order valence-electron chi connectivity index (χ2n) is 7.80. The van der Waals surface area contributed by atoms with E-state index in [9.17, 15) is 4.79 Å². The molecule has 148 valence electrons. The largest absolute Gasteiger partial charge is 0.321 e. The molecule has 3 aromatic rings. The first-order valence-electron chi connectivity index (χ1n) is 10.1. The topological polar surface area (TPSA) is 44.2 Å². The minimum atomic E-state index is -0.0681. The third-order valence-corrected chi connectivity index (χ3v) is 6.87. The molecule has 4 rings (SSSR count). The third kappa shape index (κ3) is 3.53. The summed E-state index contributed by atoms with van der Waals surface area (Å²) in [5.41, 5.74) is 3.43. The Balaban J connectivity index is 1.77. The summed E-state index contributed by atoms with van der Waals surface area (Å²) in [6.07, 6.45) is 6.63. The molecule has 2 heterocycles. The fraction of sp³-hybridized carbons (Fsp3) is 0.455. The predicted molar refractivity (Wildman–Crippen MR) is 115 cm³/mol. The highest BCUT2D eigenvalue weighted by Gasteiger charge is 2.18. The molecule has 28 heavy (non-hydrogen) atoms. The summed E-state index contributed by atoms with van der Waals surface area (Å²) in [6, 6.07) is 9.74. The first kappa shape index (κ1) is 19.0.